The average molecular weight is 277 g/mol. The van der Waals surface area contributed by atoms with Crippen molar-refractivity contribution in [1.29, 1.82) is 0 Å². The van der Waals surface area contributed by atoms with Crippen molar-refractivity contribution in [2.24, 2.45) is 0 Å². The second-order valence-corrected chi connectivity index (χ2v) is 6.48. The maximum absolute atomic E-state index is 12.0. The molecule has 1 atom stereocenters. The maximum Gasteiger partial charge on any atom is 0.184 e. The zero-order chi connectivity index (χ0) is 13.2. The van der Waals surface area contributed by atoms with Crippen LogP contribution in [0.5, 0.6) is 5.75 Å². The van der Waals surface area contributed by atoms with Crippen LogP contribution in [0, 0.1) is 0 Å². The predicted molar refractivity (Wildman–Crippen MR) is 66.6 cm³/mol. The number of ketones is 1. The van der Waals surface area contributed by atoms with E-state index in [1.807, 2.05) is 0 Å². The first-order chi connectivity index (χ1) is 7.77. The highest BCUT2D eigenvalue weighted by Crippen LogP contribution is 2.25. The van der Waals surface area contributed by atoms with Gasteiger partial charge in [-0.2, -0.15) is 0 Å². The van der Waals surface area contributed by atoms with E-state index in [0.29, 0.717) is 10.8 Å². The molecule has 0 saturated heterocycles. The molecule has 0 aromatic heterocycles. The van der Waals surface area contributed by atoms with E-state index in [1.165, 1.54) is 26.2 Å². The Morgan fingerprint density at radius 2 is 2.00 bits per heavy atom. The molecule has 0 amide bonds. The number of halogens is 1. The third-order valence-electron chi connectivity index (χ3n) is 2.44. The van der Waals surface area contributed by atoms with Crippen molar-refractivity contribution in [3.63, 3.8) is 0 Å². The maximum atomic E-state index is 12.0. The second-order valence-electron chi connectivity index (χ2n) is 3.68. The number of hydrogen-bond acceptors (Lipinski definition) is 4. The lowest BCUT2D eigenvalue weighted by Gasteiger charge is -2.12. The average Bonchev–Trinajstić information content (AvgIpc) is 2.25. The summed E-state index contributed by atoms with van der Waals surface area (Å²) in [5.41, 5.74) is 0.179. The summed E-state index contributed by atoms with van der Waals surface area (Å²) in [5.74, 6) is -0.207. The predicted octanol–water partition coefficient (Wildman–Crippen LogP) is 1.96. The molecular weight excluding hydrogens is 264 g/mol. The van der Waals surface area contributed by atoms with Crippen LogP contribution in [0.2, 0.25) is 5.02 Å². The van der Waals surface area contributed by atoms with E-state index in [1.54, 1.807) is 6.07 Å². The number of sulfone groups is 1. The Bertz CT molecular complexity index is 536. The number of carbonyl (C=O) groups is 1. The van der Waals surface area contributed by atoms with E-state index >= 15 is 0 Å². The number of hydrogen-bond donors (Lipinski definition) is 0. The first kappa shape index (κ1) is 14.0. The molecule has 17 heavy (non-hydrogen) atoms. The van der Waals surface area contributed by atoms with Crippen molar-refractivity contribution < 1.29 is 17.9 Å². The Morgan fingerprint density at radius 1 is 1.41 bits per heavy atom. The first-order valence-corrected chi connectivity index (χ1v) is 7.17. The molecule has 6 heteroatoms. The molecule has 94 valence electrons. The summed E-state index contributed by atoms with van der Waals surface area (Å²) in [7, 11) is -2.03. The van der Waals surface area contributed by atoms with E-state index in [2.05, 4.69) is 0 Å². The van der Waals surface area contributed by atoms with Gasteiger partial charge in [0.05, 0.1) is 12.7 Å². The summed E-state index contributed by atoms with van der Waals surface area (Å²) >= 11 is 5.78. The lowest BCUT2D eigenvalue weighted by atomic mass is 10.1. The van der Waals surface area contributed by atoms with Crippen LogP contribution in [-0.4, -0.2) is 32.8 Å². The minimum Gasteiger partial charge on any atom is -0.496 e. The Morgan fingerprint density at radius 3 is 2.47 bits per heavy atom. The Hall–Kier alpha value is -1.07. The van der Waals surface area contributed by atoms with Crippen LogP contribution in [-0.2, 0) is 9.84 Å². The number of benzene rings is 1. The topological polar surface area (TPSA) is 60.4 Å². The van der Waals surface area contributed by atoms with Crippen molar-refractivity contribution in [2.45, 2.75) is 12.2 Å². The van der Waals surface area contributed by atoms with E-state index in [9.17, 15) is 13.2 Å². The fraction of sp³-hybridized carbons (Fsp3) is 0.364. The van der Waals surface area contributed by atoms with Crippen molar-refractivity contribution in [2.75, 3.05) is 13.4 Å². The van der Waals surface area contributed by atoms with Gasteiger partial charge in [-0.25, -0.2) is 8.42 Å². The summed E-state index contributed by atoms with van der Waals surface area (Å²) in [4.78, 5) is 12.0. The third kappa shape index (κ3) is 3.20. The Balaban J connectivity index is 3.25. The lowest BCUT2D eigenvalue weighted by molar-refractivity contribution is 0.0988. The van der Waals surface area contributed by atoms with Gasteiger partial charge in [-0.05, 0) is 25.1 Å². The minimum absolute atomic E-state index is 0.179. The van der Waals surface area contributed by atoms with Crippen molar-refractivity contribution in [3.8, 4) is 5.75 Å². The van der Waals surface area contributed by atoms with Gasteiger partial charge in [0.1, 0.15) is 11.0 Å². The molecule has 1 aromatic rings. The molecule has 0 aliphatic heterocycles. The van der Waals surface area contributed by atoms with Crippen molar-refractivity contribution in [3.05, 3.63) is 28.8 Å². The quantitative estimate of drug-likeness (QED) is 0.789. The molecule has 0 fully saturated rings. The molecule has 0 radical (unpaired) electrons. The van der Waals surface area contributed by atoms with Crippen LogP contribution in [0.1, 0.15) is 17.3 Å². The minimum atomic E-state index is -3.44. The summed E-state index contributed by atoms with van der Waals surface area (Å²) in [6.45, 7) is 1.35. The SMILES string of the molecule is COc1ccc(Cl)cc1C(=O)C(C)S(C)(=O)=O. The molecule has 0 aliphatic rings. The number of methoxy groups -OCH3 is 1. The number of ether oxygens (including phenoxy) is 1. The molecule has 0 aliphatic carbocycles. The van der Waals surface area contributed by atoms with E-state index in [-0.39, 0.29) is 5.56 Å². The standard InChI is InChI=1S/C11H13ClO4S/c1-7(17(3,14)15)11(13)9-6-8(12)4-5-10(9)16-2/h4-7H,1-3H3. The second kappa shape index (κ2) is 5.06. The van der Waals surface area contributed by atoms with Gasteiger partial charge >= 0.3 is 0 Å². The number of carbonyl (C=O) groups excluding carboxylic acids is 1. The smallest absolute Gasteiger partial charge is 0.184 e. The molecule has 1 rings (SSSR count). The van der Waals surface area contributed by atoms with Gasteiger partial charge in [-0.1, -0.05) is 11.6 Å². The van der Waals surface area contributed by atoms with Crippen LogP contribution in [0.15, 0.2) is 18.2 Å². The molecule has 0 saturated carbocycles. The lowest BCUT2D eigenvalue weighted by Crippen LogP contribution is -2.26. The van der Waals surface area contributed by atoms with Gasteiger partial charge in [0, 0.05) is 11.3 Å². The van der Waals surface area contributed by atoms with E-state index in [0.717, 1.165) is 6.26 Å². The van der Waals surface area contributed by atoms with Gasteiger partial charge < -0.3 is 4.74 Å². The number of Topliss-reactive ketones (excluding diaryl/α,β-unsaturated/α-hetero) is 1. The highest BCUT2D eigenvalue weighted by atomic mass is 35.5. The van der Waals surface area contributed by atoms with Gasteiger partial charge in [0.2, 0.25) is 0 Å². The fourth-order valence-corrected chi connectivity index (χ4v) is 1.97. The molecule has 0 spiro atoms. The molecule has 4 nitrogen and oxygen atoms in total. The van der Waals surface area contributed by atoms with Crippen molar-refractivity contribution in [1.82, 2.24) is 0 Å². The molecule has 1 aromatic carbocycles. The van der Waals surface area contributed by atoms with E-state index in [4.69, 9.17) is 16.3 Å². The summed E-state index contributed by atoms with van der Waals surface area (Å²) in [6.07, 6.45) is 1.02. The van der Waals surface area contributed by atoms with Gasteiger partial charge in [0.15, 0.2) is 15.6 Å². The molecule has 0 N–H and O–H groups in total. The van der Waals surface area contributed by atoms with Crippen LogP contribution >= 0.6 is 11.6 Å². The van der Waals surface area contributed by atoms with E-state index < -0.39 is 20.9 Å². The van der Waals surface area contributed by atoms with Crippen LogP contribution < -0.4 is 4.74 Å². The Kier molecular flexibility index (Phi) is 4.16. The highest BCUT2D eigenvalue weighted by Gasteiger charge is 2.27. The summed E-state index contributed by atoms with van der Waals surface area (Å²) < 4.78 is 27.7. The summed E-state index contributed by atoms with van der Waals surface area (Å²) in [5, 5.41) is -0.760. The highest BCUT2D eigenvalue weighted by molar-refractivity contribution is 7.92. The molecule has 1 unspecified atom stereocenters. The Labute approximate surface area is 105 Å². The van der Waals surface area contributed by atoms with Crippen LogP contribution in [0.25, 0.3) is 0 Å². The zero-order valence-electron chi connectivity index (χ0n) is 9.73. The number of rotatable bonds is 4. The largest absolute Gasteiger partial charge is 0.496 e. The third-order valence-corrected chi connectivity index (χ3v) is 4.17. The van der Waals surface area contributed by atoms with Gasteiger partial charge in [0.25, 0.3) is 0 Å². The van der Waals surface area contributed by atoms with Crippen molar-refractivity contribution >= 4 is 27.2 Å². The fourth-order valence-electron chi connectivity index (χ4n) is 1.29. The van der Waals surface area contributed by atoms with Crippen LogP contribution in [0.3, 0.4) is 0 Å². The van der Waals surface area contributed by atoms with Crippen LogP contribution in [0.4, 0.5) is 0 Å². The molecule has 0 bridgehead atoms. The normalized spacial score (nSPS) is 13.2. The molecular formula is C11H13ClO4S. The molecule has 0 heterocycles. The monoisotopic (exact) mass is 276 g/mol. The van der Waals surface area contributed by atoms with Gasteiger partial charge in [-0.3, -0.25) is 4.79 Å². The zero-order valence-corrected chi connectivity index (χ0v) is 11.3. The van der Waals surface area contributed by atoms with Gasteiger partial charge in [-0.15, -0.1) is 0 Å². The first-order valence-electron chi connectivity index (χ1n) is 4.84. The summed E-state index contributed by atoms with van der Waals surface area (Å²) in [6, 6.07) is 4.51.